The van der Waals surface area contributed by atoms with Gasteiger partial charge in [-0.1, -0.05) is 43.3 Å². The minimum absolute atomic E-state index is 0.0823. The molecule has 0 aliphatic heterocycles. The quantitative estimate of drug-likeness (QED) is 0.819. The zero-order chi connectivity index (χ0) is 17.5. The van der Waals surface area contributed by atoms with Gasteiger partial charge in [0.2, 0.25) is 5.91 Å². The fourth-order valence-corrected chi connectivity index (χ4v) is 2.47. The van der Waals surface area contributed by atoms with E-state index >= 15 is 0 Å². The summed E-state index contributed by atoms with van der Waals surface area (Å²) in [4.78, 5) is 12.4. The molecule has 0 saturated carbocycles. The molecule has 5 nitrogen and oxygen atoms in total. The van der Waals surface area contributed by atoms with Gasteiger partial charge in [0.25, 0.3) is 0 Å². The summed E-state index contributed by atoms with van der Waals surface area (Å²) in [6.45, 7) is 2.24. The molecule has 2 atom stereocenters. The average Bonchev–Trinajstić information content (AvgIpc) is 2.65. The van der Waals surface area contributed by atoms with Crippen LogP contribution in [0.5, 0.6) is 11.5 Å². The Morgan fingerprint density at radius 3 is 2.38 bits per heavy atom. The summed E-state index contributed by atoms with van der Waals surface area (Å²) >= 11 is 0. The predicted octanol–water partition coefficient (Wildman–Crippen LogP) is 2.66. The van der Waals surface area contributed by atoms with Gasteiger partial charge in [0.15, 0.2) is 11.5 Å². The Balaban J connectivity index is 1.97. The van der Waals surface area contributed by atoms with Gasteiger partial charge in [-0.3, -0.25) is 4.79 Å². The molecule has 0 aromatic heterocycles. The highest BCUT2D eigenvalue weighted by atomic mass is 16.5. The Labute approximate surface area is 142 Å². The van der Waals surface area contributed by atoms with Crippen LogP contribution < -0.4 is 20.5 Å². The van der Waals surface area contributed by atoms with Crippen LogP contribution in [0, 0.1) is 5.92 Å². The zero-order valence-electron chi connectivity index (χ0n) is 14.3. The van der Waals surface area contributed by atoms with E-state index in [-0.39, 0.29) is 17.9 Å². The number of methoxy groups -OCH3 is 2. The van der Waals surface area contributed by atoms with E-state index in [9.17, 15) is 4.79 Å². The Morgan fingerprint density at radius 1 is 1.08 bits per heavy atom. The van der Waals surface area contributed by atoms with Crippen LogP contribution in [0.2, 0.25) is 0 Å². The van der Waals surface area contributed by atoms with Crippen LogP contribution in [0.3, 0.4) is 0 Å². The number of rotatable bonds is 7. The maximum absolute atomic E-state index is 12.4. The molecule has 0 aliphatic rings. The molecular weight excluding hydrogens is 304 g/mol. The van der Waals surface area contributed by atoms with E-state index in [0.717, 1.165) is 11.1 Å². The largest absolute Gasteiger partial charge is 0.493 e. The van der Waals surface area contributed by atoms with Crippen molar-refractivity contribution < 1.29 is 14.3 Å². The molecule has 0 aliphatic carbocycles. The monoisotopic (exact) mass is 328 g/mol. The third kappa shape index (κ3) is 4.26. The maximum Gasteiger partial charge on any atom is 0.225 e. The van der Waals surface area contributed by atoms with Crippen LogP contribution >= 0.6 is 0 Å². The highest BCUT2D eigenvalue weighted by molar-refractivity contribution is 5.79. The Bertz CT molecular complexity index is 674. The van der Waals surface area contributed by atoms with Gasteiger partial charge in [0, 0.05) is 12.6 Å². The van der Waals surface area contributed by atoms with Gasteiger partial charge in [-0.15, -0.1) is 0 Å². The molecule has 2 aromatic rings. The van der Waals surface area contributed by atoms with Crippen LogP contribution in [0.15, 0.2) is 48.5 Å². The Morgan fingerprint density at radius 2 is 1.75 bits per heavy atom. The summed E-state index contributed by atoms with van der Waals surface area (Å²) in [6, 6.07) is 14.9. The number of carbonyl (C=O) groups is 1. The zero-order valence-corrected chi connectivity index (χ0v) is 14.3. The third-order valence-corrected chi connectivity index (χ3v) is 4.05. The second-order valence-corrected chi connectivity index (χ2v) is 5.63. The van der Waals surface area contributed by atoms with Gasteiger partial charge < -0.3 is 20.5 Å². The van der Waals surface area contributed by atoms with Crippen LogP contribution in [0.1, 0.15) is 24.1 Å². The lowest BCUT2D eigenvalue weighted by Gasteiger charge is -2.20. The normalized spacial score (nSPS) is 13.0. The van der Waals surface area contributed by atoms with Crippen molar-refractivity contribution in [2.24, 2.45) is 11.7 Å². The van der Waals surface area contributed by atoms with Crippen LogP contribution in [-0.4, -0.2) is 20.1 Å². The summed E-state index contributed by atoms with van der Waals surface area (Å²) in [5.41, 5.74) is 8.08. The van der Waals surface area contributed by atoms with Crippen molar-refractivity contribution >= 4 is 5.91 Å². The van der Waals surface area contributed by atoms with E-state index < -0.39 is 0 Å². The number of nitrogens with one attached hydrogen (secondary N) is 1. The summed E-state index contributed by atoms with van der Waals surface area (Å²) in [5, 5.41) is 2.92. The lowest BCUT2D eigenvalue weighted by Crippen LogP contribution is -2.35. The van der Waals surface area contributed by atoms with Crippen molar-refractivity contribution in [2.45, 2.75) is 19.5 Å². The molecule has 1 amide bonds. The summed E-state index contributed by atoms with van der Waals surface area (Å²) in [7, 11) is 3.17. The third-order valence-electron chi connectivity index (χ3n) is 4.05. The van der Waals surface area contributed by atoms with Gasteiger partial charge in [-0.05, 0) is 23.3 Å². The van der Waals surface area contributed by atoms with E-state index in [1.807, 2.05) is 55.5 Å². The van der Waals surface area contributed by atoms with Crippen molar-refractivity contribution in [3.63, 3.8) is 0 Å². The molecule has 0 heterocycles. The molecule has 2 rings (SSSR count). The molecule has 0 spiro atoms. The molecule has 128 valence electrons. The minimum atomic E-state index is -0.336. The minimum Gasteiger partial charge on any atom is -0.493 e. The SMILES string of the molecule is COc1ccc(CNC(=O)C(C)C(N)c2ccccc2)cc1OC. The first kappa shape index (κ1) is 17.8. The second kappa shape index (κ2) is 8.36. The van der Waals surface area contributed by atoms with E-state index in [2.05, 4.69) is 5.32 Å². The van der Waals surface area contributed by atoms with E-state index in [1.165, 1.54) is 0 Å². The molecule has 2 aromatic carbocycles. The maximum atomic E-state index is 12.4. The first-order chi connectivity index (χ1) is 11.6. The molecule has 0 bridgehead atoms. The van der Waals surface area contributed by atoms with Crippen molar-refractivity contribution in [3.8, 4) is 11.5 Å². The number of nitrogens with two attached hydrogens (primary N) is 1. The summed E-state index contributed by atoms with van der Waals surface area (Å²) in [5.74, 6) is 0.888. The lowest BCUT2D eigenvalue weighted by molar-refractivity contribution is -0.125. The topological polar surface area (TPSA) is 73.6 Å². The molecule has 2 unspecified atom stereocenters. The van der Waals surface area contributed by atoms with Crippen molar-refractivity contribution in [1.29, 1.82) is 0 Å². The first-order valence-corrected chi connectivity index (χ1v) is 7.86. The number of hydrogen-bond acceptors (Lipinski definition) is 4. The first-order valence-electron chi connectivity index (χ1n) is 7.86. The second-order valence-electron chi connectivity index (χ2n) is 5.63. The fourth-order valence-electron chi connectivity index (χ4n) is 2.47. The van der Waals surface area contributed by atoms with Crippen molar-refractivity contribution in [2.75, 3.05) is 14.2 Å². The number of carbonyl (C=O) groups excluding carboxylic acids is 1. The van der Waals surface area contributed by atoms with E-state index in [4.69, 9.17) is 15.2 Å². The van der Waals surface area contributed by atoms with Gasteiger partial charge in [0.1, 0.15) is 0 Å². The van der Waals surface area contributed by atoms with Crippen molar-refractivity contribution in [1.82, 2.24) is 5.32 Å². The molecule has 3 N–H and O–H groups in total. The number of hydrogen-bond donors (Lipinski definition) is 2. The molecule has 5 heteroatoms. The average molecular weight is 328 g/mol. The highest BCUT2D eigenvalue weighted by Crippen LogP contribution is 2.27. The summed E-state index contributed by atoms with van der Waals surface area (Å²) in [6.07, 6.45) is 0. The molecule has 0 radical (unpaired) electrons. The fraction of sp³-hybridized carbons (Fsp3) is 0.316. The standard InChI is InChI=1S/C19H24N2O3/c1-13(18(20)15-7-5-4-6-8-15)19(22)21-12-14-9-10-16(23-2)17(11-14)24-3/h4-11,13,18H,12,20H2,1-3H3,(H,21,22). The molecule has 0 fully saturated rings. The van der Waals surface area contributed by atoms with Crippen LogP contribution in [0.4, 0.5) is 0 Å². The van der Waals surface area contributed by atoms with Gasteiger partial charge in [-0.25, -0.2) is 0 Å². The van der Waals surface area contributed by atoms with E-state index in [0.29, 0.717) is 18.0 Å². The molecule has 0 saturated heterocycles. The smallest absolute Gasteiger partial charge is 0.225 e. The van der Waals surface area contributed by atoms with Gasteiger partial charge in [0.05, 0.1) is 20.1 Å². The van der Waals surface area contributed by atoms with Crippen molar-refractivity contribution in [3.05, 3.63) is 59.7 Å². The summed E-state index contributed by atoms with van der Waals surface area (Å²) < 4.78 is 10.5. The Kier molecular flexibility index (Phi) is 6.21. The van der Waals surface area contributed by atoms with Gasteiger partial charge >= 0.3 is 0 Å². The predicted molar refractivity (Wildman–Crippen MR) is 93.9 cm³/mol. The van der Waals surface area contributed by atoms with Crippen LogP contribution in [-0.2, 0) is 11.3 Å². The lowest BCUT2D eigenvalue weighted by atomic mass is 9.94. The molecule has 24 heavy (non-hydrogen) atoms. The van der Waals surface area contributed by atoms with E-state index in [1.54, 1.807) is 14.2 Å². The van der Waals surface area contributed by atoms with Gasteiger partial charge in [-0.2, -0.15) is 0 Å². The number of benzene rings is 2. The van der Waals surface area contributed by atoms with Crippen LogP contribution in [0.25, 0.3) is 0 Å². The highest BCUT2D eigenvalue weighted by Gasteiger charge is 2.21. The Hall–Kier alpha value is -2.53. The molecular formula is C19H24N2O3. The number of ether oxygens (including phenoxy) is 2. The number of amides is 1.